The summed E-state index contributed by atoms with van der Waals surface area (Å²) in [6.45, 7) is 4.61. The summed E-state index contributed by atoms with van der Waals surface area (Å²) in [6.07, 6.45) is 4.46. The third-order valence-electron chi connectivity index (χ3n) is 10.6. The van der Waals surface area contributed by atoms with Gasteiger partial charge in [0.05, 0.1) is 35.5 Å². The maximum absolute atomic E-state index is 7.57. The molecule has 6 aromatic rings. The van der Waals surface area contributed by atoms with Gasteiger partial charge in [-0.15, -0.1) is 0 Å². The minimum Gasteiger partial charge on any atom is -0.497 e. The zero-order valence-corrected chi connectivity index (χ0v) is 29.9. The minimum atomic E-state index is -0.958. The Labute approximate surface area is 298 Å². The van der Waals surface area contributed by atoms with Crippen molar-refractivity contribution in [1.29, 1.82) is 0 Å². The molecule has 0 saturated carbocycles. The molecule has 0 atom stereocenters. The van der Waals surface area contributed by atoms with Crippen LogP contribution in [0.4, 0.5) is 0 Å². The van der Waals surface area contributed by atoms with Gasteiger partial charge in [-0.25, -0.2) is 0 Å². The molecule has 0 bridgehead atoms. The molecule has 6 heteroatoms. The van der Waals surface area contributed by atoms with Crippen molar-refractivity contribution in [3.8, 4) is 56.8 Å². The quantitative estimate of drug-likeness (QED) is 0.160. The molecule has 6 nitrogen and oxygen atoms in total. The predicted octanol–water partition coefficient (Wildman–Crippen LogP) is 10.2. The Hall–Kier alpha value is -5.88. The molecule has 6 aromatic carbocycles. The van der Waals surface area contributed by atoms with Gasteiger partial charge in [0.25, 0.3) is 0 Å². The zero-order chi connectivity index (χ0) is 35.5. The zero-order valence-electron chi connectivity index (χ0n) is 29.9. The number of benzene rings is 6. The standard InChI is InChI=1S/C45H40O6/c1-44(2)38-11-9-8-10-33(38)41-36-26-40(50-7)35(32-21-20-31(48-5)24-39(32)49-6)25-37(36)43-34(42(41)44)22-23-45(51-43,27-12-16-29(46-3)17-13-27)28-14-18-30(47-4)19-15-28/h8-26H,1-7H3. The van der Waals surface area contributed by atoms with Gasteiger partial charge in [-0.2, -0.15) is 0 Å². The molecule has 8 rings (SSSR count). The molecule has 256 valence electrons. The summed E-state index contributed by atoms with van der Waals surface area (Å²) in [4.78, 5) is 0. The lowest BCUT2D eigenvalue weighted by molar-refractivity contribution is 0.163. The Kier molecular flexibility index (Phi) is 7.71. The van der Waals surface area contributed by atoms with Crippen LogP contribution in [0.25, 0.3) is 39.1 Å². The van der Waals surface area contributed by atoms with Gasteiger partial charge in [0, 0.05) is 44.7 Å². The molecule has 0 unspecified atom stereocenters. The van der Waals surface area contributed by atoms with Crippen LogP contribution >= 0.6 is 0 Å². The number of fused-ring (bicyclic) bond motifs is 8. The van der Waals surface area contributed by atoms with Gasteiger partial charge in [0.2, 0.25) is 0 Å². The van der Waals surface area contributed by atoms with Crippen LogP contribution in [0, 0.1) is 0 Å². The number of ether oxygens (including phenoxy) is 6. The maximum Gasteiger partial charge on any atom is 0.178 e. The van der Waals surface area contributed by atoms with Gasteiger partial charge in [-0.05, 0) is 82.2 Å². The molecule has 0 N–H and O–H groups in total. The lowest BCUT2D eigenvalue weighted by Gasteiger charge is -2.38. The second kappa shape index (κ2) is 12.2. The summed E-state index contributed by atoms with van der Waals surface area (Å²) in [6, 6.07) is 35.1. The van der Waals surface area contributed by atoms with Crippen molar-refractivity contribution in [2.24, 2.45) is 0 Å². The Morgan fingerprint density at radius 1 is 0.529 bits per heavy atom. The van der Waals surface area contributed by atoms with Crippen LogP contribution in [0.5, 0.6) is 34.5 Å². The van der Waals surface area contributed by atoms with Crippen molar-refractivity contribution in [1.82, 2.24) is 0 Å². The van der Waals surface area contributed by atoms with E-state index in [1.165, 1.54) is 22.3 Å². The van der Waals surface area contributed by atoms with E-state index < -0.39 is 5.60 Å². The van der Waals surface area contributed by atoms with Crippen LogP contribution in [0.1, 0.15) is 41.7 Å². The van der Waals surface area contributed by atoms with E-state index in [1.54, 1.807) is 35.5 Å². The Morgan fingerprint density at radius 3 is 1.73 bits per heavy atom. The largest absolute Gasteiger partial charge is 0.497 e. The van der Waals surface area contributed by atoms with Crippen LogP contribution < -0.4 is 28.4 Å². The lowest BCUT2D eigenvalue weighted by atomic mass is 9.76. The molecule has 1 aliphatic carbocycles. The first-order valence-corrected chi connectivity index (χ1v) is 17.0. The molecular formula is C45H40O6. The molecular weight excluding hydrogens is 636 g/mol. The molecule has 0 aromatic heterocycles. The molecule has 0 spiro atoms. The highest BCUT2D eigenvalue weighted by molar-refractivity contribution is 6.10. The first kappa shape index (κ1) is 32.3. The summed E-state index contributed by atoms with van der Waals surface area (Å²) < 4.78 is 36.3. The average Bonchev–Trinajstić information content (AvgIpc) is 3.43. The molecule has 0 amide bonds. The lowest BCUT2D eigenvalue weighted by Crippen LogP contribution is -2.35. The van der Waals surface area contributed by atoms with E-state index in [2.05, 4.69) is 86.7 Å². The third kappa shape index (κ3) is 4.84. The fraction of sp³-hybridized carbons (Fsp3) is 0.200. The van der Waals surface area contributed by atoms with Gasteiger partial charge in [0.1, 0.15) is 34.5 Å². The van der Waals surface area contributed by atoms with Crippen LogP contribution in [0.15, 0.2) is 109 Å². The number of methoxy groups -OCH3 is 5. The molecule has 0 fully saturated rings. The van der Waals surface area contributed by atoms with Gasteiger partial charge in [-0.3, -0.25) is 0 Å². The monoisotopic (exact) mass is 676 g/mol. The van der Waals surface area contributed by atoms with Gasteiger partial charge < -0.3 is 28.4 Å². The highest BCUT2D eigenvalue weighted by Crippen LogP contribution is 2.59. The maximum atomic E-state index is 7.57. The van der Waals surface area contributed by atoms with E-state index in [4.69, 9.17) is 28.4 Å². The first-order chi connectivity index (χ1) is 24.8. The Morgan fingerprint density at radius 2 is 1.12 bits per heavy atom. The number of rotatable bonds is 8. The van der Waals surface area contributed by atoms with Crippen molar-refractivity contribution in [3.63, 3.8) is 0 Å². The summed E-state index contributed by atoms with van der Waals surface area (Å²) in [7, 11) is 8.40. The highest BCUT2D eigenvalue weighted by Gasteiger charge is 2.44. The van der Waals surface area contributed by atoms with E-state index in [1.807, 2.05) is 42.5 Å². The van der Waals surface area contributed by atoms with Crippen molar-refractivity contribution < 1.29 is 28.4 Å². The fourth-order valence-electron chi connectivity index (χ4n) is 8.03. The second-order valence-electron chi connectivity index (χ2n) is 13.5. The summed E-state index contributed by atoms with van der Waals surface area (Å²) in [5, 5.41) is 2.03. The normalized spacial score (nSPS) is 14.6. The first-order valence-electron chi connectivity index (χ1n) is 17.0. The molecule has 51 heavy (non-hydrogen) atoms. The average molecular weight is 677 g/mol. The van der Waals surface area contributed by atoms with E-state index in [0.717, 1.165) is 61.6 Å². The van der Waals surface area contributed by atoms with Crippen molar-refractivity contribution in [2.75, 3.05) is 35.5 Å². The van der Waals surface area contributed by atoms with Crippen molar-refractivity contribution in [3.05, 3.63) is 137 Å². The van der Waals surface area contributed by atoms with Gasteiger partial charge in [0.15, 0.2) is 5.60 Å². The van der Waals surface area contributed by atoms with E-state index in [9.17, 15) is 0 Å². The smallest absolute Gasteiger partial charge is 0.178 e. The SMILES string of the molecule is COc1ccc(C2(c3ccc(OC)cc3)C=Cc3c4c(c5cc(OC)c(-c6ccc(OC)cc6OC)cc5c3O2)-c2ccccc2C4(C)C)cc1. The Bertz CT molecular complexity index is 2290. The van der Waals surface area contributed by atoms with Crippen molar-refractivity contribution >= 4 is 16.8 Å². The van der Waals surface area contributed by atoms with Gasteiger partial charge >= 0.3 is 0 Å². The molecule has 0 radical (unpaired) electrons. The summed E-state index contributed by atoms with van der Waals surface area (Å²) in [5.41, 5.74) is 8.46. The Balaban J connectivity index is 1.47. The minimum absolute atomic E-state index is 0.288. The topological polar surface area (TPSA) is 55.4 Å². The third-order valence-corrected chi connectivity index (χ3v) is 10.6. The molecule has 0 saturated heterocycles. The van der Waals surface area contributed by atoms with Crippen molar-refractivity contribution in [2.45, 2.75) is 24.9 Å². The fourth-order valence-corrected chi connectivity index (χ4v) is 8.03. The van der Waals surface area contributed by atoms with E-state index >= 15 is 0 Å². The second-order valence-corrected chi connectivity index (χ2v) is 13.5. The number of hydrogen-bond acceptors (Lipinski definition) is 6. The van der Waals surface area contributed by atoms with E-state index in [-0.39, 0.29) is 5.41 Å². The van der Waals surface area contributed by atoms with Crippen LogP contribution in [0.2, 0.25) is 0 Å². The van der Waals surface area contributed by atoms with Crippen LogP contribution in [-0.2, 0) is 11.0 Å². The predicted molar refractivity (Wildman–Crippen MR) is 203 cm³/mol. The summed E-state index contributed by atoms with van der Waals surface area (Å²) in [5.74, 6) is 4.48. The molecule has 2 aliphatic rings. The van der Waals surface area contributed by atoms with Crippen LogP contribution in [-0.4, -0.2) is 35.5 Å². The molecule has 1 heterocycles. The molecule has 1 aliphatic heterocycles. The van der Waals surface area contributed by atoms with E-state index in [0.29, 0.717) is 11.5 Å². The highest BCUT2D eigenvalue weighted by atomic mass is 16.5. The number of hydrogen-bond donors (Lipinski definition) is 0. The summed E-state index contributed by atoms with van der Waals surface area (Å²) >= 11 is 0. The van der Waals surface area contributed by atoms with Gasteiger partial charge in [-0.1, -0.05) is 68.5 Å². The van der Waals surface area contributed by atoms with Crippen LogP contribution in [0.3, 0.4) is 0 Å².